The van der Waals surface area contributed by atoms with Crippen molar-refractivity contribution in [2.45, 2.75) is 50.8 Å². The number of amides is 1. The Morgan fingerprint density at radius 2 is 2.24 bits per heavy atom. The molecule has 0 spiro atoms. The summed E-state index contributed by atoms with van der Waals surface area (Å²) < 4.78 is 11.5. The van der Waals surface area contributed by atoms with E-state index in [0.29, 0.717) is 11.8 Å². The largest absolute Gasteiger partial charge is 0.487 e. The summed E-state index contributed by atoms with van der Waals surface area (Å²) in [6.45, 7) is 4.07. The van der Waals surface area contributed by atoms with Gasteiger partial charge in [-0.1, -0.05) is 6.07 Å². The number of carbonyl (C=O) groups is 1. The molecular formula is C16H22N2O3. The van der Waals surface area contributed by atoms with E-state index >= 15 is 0 Å². The number of benzene rings is 1. The van der Waals surface area contributed by atoms with E-state index in [9.17, 15) is 4.79 Å². The maximum absolute atomic E-state index is 11.6. The van der Waals surface area contributed by atoms with Crippen LogP contribution >= 0.6 is 0 Å². The quantitative estimate of drug-likeness (QED) is 0.888. The van der Waals surface area contributed by atoms with Crippen molar-refractivity contribution in [2.24, 2.45) is 5.73 Å². The van der Waals surface area contributed by atoms with E-state index in [1.165, 1.54) is 0 Å². The number of hydrogen-bond acceptors (Lipinski definition) is 4. The number of carbonyl (C=O) groups excluding carboxylic acids is 1. The van der Waals surface area contributed by atoms with Crippen molar-refractivity contribution in [1.82, 2.24) is 5.32 Å². The van der Waals surface area contributed by atoms with Gasteiger partial charge in [0.2, 0.25) is 0 Å². The number of ether oxygens (including phenoxy) is 2. The zero-order valence-corrected chi connectivity index (χ0v) is 12.5. The van der Waals surface area contributed by atoms with Crippen LogP contribution in [0, 0.1) is 0 Å². The van der Waals surface area contributed by atoms with Crippen molar-refractivity contribution in [2.75, 3.05) is 6.61 Å². The molecule has 1 unspecified atom stereocenters. The number of nitrogens with one attached hydrogen (secondary N) is 1. The van der Waals surface area contributed by atoms with E-state index in [-0.39, 0.29) is 24.2 Å². The third kappa shape index (κ3) is 3.47. The average Bonchev–Trinajstić information content (AvgIpc) is 3.18. The molecule has 5 nitrogen and oxygen atoms in total. The monoisotopic (exact) mass is 290 g/mol. The summed E-state index contributed by atoms with van der Waals surface area (Å²) in [5.74, 6) is 1.30. The predicted octanol–water partition coefficient (Wildman–Crippen LogP) is 1.90. The first kappa shape index (κ1) is 14.2. The fourth-order valence-corrected chi connectivity index (χ4v) is 2.62. The molecule has 0 radical (unpaired) electrons. The van der Waals surface area contributed by atoms with Crippen LogP contribution in [0.2, 0.25) is 0 Å². The van der Waals surface area contributed by atoms with Gasteiger partial charge >= 0.3 is 0 Å². The molecule has 5 heteroatoms. The first-order valence-corrected chi connectivity index (χ1v) is 7.44. The van der Waals surface area contributed by atoms with Gasteiger partial charge in [-0.25, -0.2) is 0 Å². The molecule has 1 aliphatic heterocycles. The van der Waals surface area contributed by atoms with Crippen LogP contribution in [0.4, 0.5) is 0 Å². The van der Waals surface area contributed by atoms with Crippen LogP contribution in [-0.2, 0) is 4.79 Å². The molecule has 1 aromatic rings. The van der Waals surface area contributed by atoms with Crippen LogP contribution < -0.4 is 20.5 Å². The van der Waals surface area contributed by atoms with Crippen molar-refractivity contribution in [1.29, 1.82) is 0 Å². The van der Waals surface area contributed by atoms with E-state index in [4.69, 9.17) is 15.2 Å². The number of fused-ring (bicyclic) bond motifs is 1. The Bertz CT molecular complexity index is 552. The van der Waals surface area contributed by atoms with Gasteiger partial charge in [0.15, 0.2) is 6.61 Å². The van der Waals surface area contributed by atoms with Gasteiger partial charge in [0, 0.05) is 30.1 Å². The lowest BCUT2D eigenvalue weighted by Crippen LogP contribution is -2.37. The van der Waals surface area contributed by atoms with Crippen molar-refractivity contribution < 1.29 is 14.3 Å². The molecule has 1 fully saturated rings. The van der Waals surface area contributed by atoms with E-state index in [2.05, 4.69) is 5.32 Å². The summed E-state index contributed by atoms with van der Waals surface area (Å²) in [5, 5.41) is 2.89. The second kappa shape index (κ2) is 5.22. The van der Waals surface area contributed by atoms with E-state index in [0.717, 1.165) is 30.6 Å². The minimum Gasteiger partial charge on any atom is -0.487 e. The maximum atomic E-state index is 11.6. The molecule has 21 heavy (non-hydrogen) atoms. The highest BCUT2D eigenvalue weighted by Gasteiger charge is 2.32. The zero-order valence-electron chi connectivity index (χ0n) is 12.5. The molecule has 1 atom stereocenters. The highest BCUT2D eigenvalue weighted by Crippen LogP contribution is 2.39. The van der Waals surface area contributed by atoms with Crippen LogP contribution in [0.25, 0.3) is 0 Å². The lowest BCUT2D eigenvalue weighted by Gasteiger charge is -2.36. The molecule has 2 aliphatic rings. The highest BCUT2D eigenvalue weighted by molar-refractivity contribution is 5.78. The molecule has 1 saturated carbocycles. The van der Waals surface area contributed by atoms with Gasteiger partial charge < -0.3 is 20.5 Å². The van der Waals surface area contributed by atoms with E-state index < -0.39 is 0 Å². The topological polar surface area (TPSA) is 73.6 Å². The normalized spacial score (nSPS) is 22.9. The molecule has 0 saturated heterocycles. The third-order valence-electron chi connectivity index (χ3n) is 3.79. The number of hydrogen-bond donors (Lipinski definition) is 2. The Morgan fingerprint density at radius 1 is 1.48 bits per heavy atom. The highest BCUT2D eigenvalue weighted by atomic mass is 16.5. The Labute approximate surface area is 124 Å². The fraction of sp³-hybridized carbons (Fsp3) is 0.562. The fourth-order valence-electron chi connectivity index (χ4n) is 2.62. The first-order chi connectivity index (χ1) is 9.93. The second-order valence-electron chi connectivity index (χ2n) is 6.50. The second-order valence-corrected chi connectivity index (χ2v) is 6.50. The van der Waals surface area contributed by atoms with Crippen LogP contribution in [-0.4, -0.2) is 24.2 Å². The average molecular weight is 290 g/mol. The molecule has 1 heterocycles. The Morgan fingerprint density at radius 3 is 2.95 bits per heavy atom. The van der Waals surface area contributed by atoms with Crippen molar-refractivity contribution in [3.63, 3.8) is 0 Å². The smallest absolute Gasteiger partial charge is 0.258 e. The molecular weight excluding hydrogens is 268 g/mol. The van der Waals surface area contributed by atoms with Gasteiger partial charge in [0.1, 0.15) is 17.1 Å². The summed E-state index contributed by atoms with van der Waals surface area (Å²) in [6, 6.07) is 5.90. The third-order valence-corrected chi connectivity index (χ3v) is 3.79. The van der Waals surface area contributed by atoms with Crippen molar-refractivity contribution >= 4 is 5.91 Å². The molecule has 3 rings (SSSR count). The molecule has 1 aromatic carbocycles. The standard InChI is InChI=1S/C16H22N2O3/c1-16(2)8-13(17)12-6-5-11(7-14(12)21-16)20-9-15(19)18-10-3-4-10/h5-7,10,13H,3-4,8-9,17H2,1-2H3,(H,18,19). The van der Waals surface area contributed by atoms with Gasteiger partial charge in [-0.05, 0) is 32.8 Å². The van der Waals surface area contributed by atoms with Crippen molar-refractivity contribution in [3.8, 4) is 11.5 Å². The minimum absolute atomic E-state index is 0.0315. The SMILES string of the molecule is CC1(C)CC(N)c2ccc(OCC(=O)NC3CC3)cc2O1. The molecule has 3 N–H and O–H groups in total. The zero-order chi connectivity index (χ0) is 15.0. The van der Waals surface area contributed by atoms with E-state index in [1.54, 1.807) is 0 Å². The number of rotatable bonds is 4. The van der Waals surface area contributed by atoms with Gasteiger partial charge in [0.05, 0.1) is 0 Å². The summed E-state index contributed by atoms with van der Waals surface area (Å²) in [6.07, 6.45) is 2.93. The van der Waals surface area contributed by atoms with Crippen LogP contribution in [0.5, 0.6) is 11.5 Å². The maximum Gasteiger partial charge on any atom is 0.258 e. The Balaban J connectivity index is 1.66. The van der Waals surface area contributed by atoms with Crippen LogP contribution in [0.15, 0.2) is 18.2 Å². The van der Waals surface area contributed by atoms with E-state index in [1.807, 2.05) is 32.0 Å². The van der Waals surface area contributed by atoms with Crippen LogP contribution in [0.3, 0.4) is 0 Å². The predicted molar refractivity (Wildman–Crippen MR) is 79.4 cm³/mol. The molecule has 114 valence electrons. The van der Waals surface area contributed by atoms with Gasteiger partial charge in [-0.3, -0.25) is 4.79 Å². The molecule has 0 aromatic heterocycles. The Kier molecular flexibility index (Phi) is 3.53. The lowest BCUT2D eigenvalue weighted by atomic mass is 9.90. The summed E-state index contributed by atoms with van der Waals surface area (Å²) in [7, 11) is 0. The summed E-state index contributed by atoms with van der Waals surface area (Å²) >= 11 is 0. The molecule has 1 amide bonds. The van der Waals surface area contributed by atoms with Gasteiger partial charge in [-0.2, -0.15) is 0 Å². The van der Waals surface area contributed by atoms with Crippen LogP contribution in [0.1, 0.15) is 44.7 Å². The summed E-state index contributed by atoms with van der Waals surface area (Å²) in [5.41, 5.74) is 6.88. The molecule has 0 bridgehead atoms. The summed E-state index contributed by atoms with van der Waals surface area (Å²) in [4.78, 5) is 11.6. The Hall–Kier alpha value is -1.75. The van der Waals surface area contributed by atoms with Crippen molar-refractivity contribution in [3.05, 3.63) is 23.8 Å². The van der Waals surface area contributed by atoms with Gasteiger partial charge in [0.25, 0.3) is 5.91 Å². The lowest BCUT2D eigenvalue weighted by molar-refractivity contribution is -0.123. The molecule has 1 aliphatic carbocycles. The minimum atomic E-state index is -0.283. The first-order valence-electron chi connectivity index (χ1n) is 7.44. The van der Waals surface area contributed by atoms with Gasteiger partial charge in [-0.15, -0.1) is 0 Å². The number of nitrogens with two attached hydrogens (primary N) is 1.